The molecule has 2 atom stereocenters. The zero-order valence-electron chi connectivity index (χ0n) is 9.30. The van der Waals surface area contributed by atoms with Gasteiger partial charge >= 0.3 is 0 Å². The van der Waals surface area contributed by atoms with Crippen LogP contribution in [0.4, 0.5) is 0 Å². The molecule has 1 aliphatic carbocycles. The third-order valence-corrected chi connectivity index (χ3v) is 4.02. The molecular formula is C11H20BrNO2. The summed E-state index contributed by atoms with van der Waals surface area (Å²) in [4.78, 5) is 11.9. The third-order valence-electron chi connectivity index (χ3n) is 2.82. The van der Waals surface area contributed by atoms with Crippen molar-refractivity contribution in [2.45, 2.75) is 37.4 Å². The van der Waals surface area contributed by atoms with E-state index in [1.165, 1.54) is 25.7 Å². The van der Waals surface area contributed by atoms with Gasteiger partial charge in [-0.3, -0.25) is 4.79 Å². The normalized spacial score (nSPS) is 26.3. The van der Waals surface area contributed by atoms with Crippen LogP contribution in [0.2, 0.25) is 0 Å². The minimum absolute atomic E-state index is 0.00197. The van der Waals surface area contributed by atoms with Gasteiger partial charge in [0.25, 0.3) is 0 Å². The SMILES string of the molecule is CCOCC(=O)NCC1CCCCC1Br. The van der Waals surface area contributed by atoms with Crippen molar-refractivity contribution in [3.63, 3.8) is 0 Å². The molecule has 0 bridgehead atoms. The van der Waals surface area contributed by atoms with Gasteiger partial charge in [-0.15, -0.1) is 0 Å². The molecule has 0 radical (unpaired) electrons. The minimum atomic E-state index is 0.00197. The first-order chi connectivity index (χ1) is 7.24. The standard InChI is InChI=1S/C11H20BrNO2/c1-2-15-8-11(14)13-7-9-5-3-4-6-10(9)12/h9-10H,2-8H2,1H3,(H,13,14). The van der Waals surface area contributed by atoms with E-state index in [1.807, 2.05) is 6.92 Å². The Kier molecular flexibility index (Phi) is 6.25. The van der Waals surface area contributed by atoms with Crippen molar-refractivity contribution in [1.82, 2.24) is 5.32 Å². The number of carbonyl (C=O) groups is 1. The molecule has 0 spiro atoms. The lowest BCUT2D eigenvalue weighted by Gasteiger charge is -2.27. The molecule has 15 heavy (non-hydrogen) atoms. The van der Waals surface area contributed by atoms with Crippen LogP contribution >= 0.6 is 15.9 Å². The first kappa shape index (κ1) is 13.0. The van der Waals surface area contributed by atoms with Crippen molar-refractivity contribution < 1.29 is 9.53 Å². The van der Waals surface area contributed by atoms with Crippen LogP contribution < -0.4 is 5.32 Å². The largest absolute Gasteiger partial charge is 0.372 e. The Bertz CT molecular complexity index is 199. The monoisotopic (exact) mass is 277 g/mol. The average molecular weight is 278 g/mol. The number of halogens is 1. The fraction of sp³-hybridized carbons (Fsp3) is 0.909. The molecule has 88 valence electrons. The van der Waals surface area contributed by atoms with E-state index < -0.39 is 0 Å². The second-order valence-electron chi connectivity index (χ2n) is 4.00. The number of alkyl halides is 1. The molecule has 0 saturated heterocycles. The molecule has 0 aliphatic heterocycles. The number of amides is 1. The van der Waals surface area contributed by atoms with E-state index in [0.29, 0.717) is 17.4 Å². The highest BCUT2D eigenvalue weighted by molar-refractivity contribution is 9.09. The molecule has 1 N–H and O–H groups in total. The van der Waals surface area contributed by atoms with Gasteiger partial charge in [0.2, 0.25) is 5.91 Å². The summed E-state index contributed by atoms with van der Waals surface area (Å²) in [5.41, 5.74) is 0. The van der Waals surface area contributed by atoms with Gasteiger partial charge in [-0.1, -0.05) is 28.8 Å². The number of ether oxygens (including phenoxy) is 1. The van der Waals surface area contributed by atoms with Gasteiger partial charge < -0.3 is 10.1 Å². The highest BCUT2D eigenvalue weighted by atomic mass is 79.9. The quantitative estimate of drug-likeness (QED) is 0.782. The van der Waals surface area contributed by atoms with Crippen molar-refractivity contribution in [2.75, 3.05) is 19.8 Å². The Balaban J connectivity index is 2.14. The maximum Gasteiger partial charge on any atom is 0.246 e. The Hall–Kier alpha value is -0.0900. The zero-order valence-corrected chi connectivity index (χ0v) is 10.9. The van der Waals surface area contributed by atoms with Gasteiger partial charge in [0.05, 0.1) is 0 Å². The predicted octanol–water partition coefficient (Wildman–Crippen LogP) is 2.09. The average Bonchev–Trinajstić information content (AvgIpc) is 2.25. The molecule has 0 heterocycles. The molecule has 0 aromatic carbocycles. The Labute approximate surface area is 100 Å². The second kappa shape index (κ2) is 7.23. The summed E-state index contributed by atoms with van der Waals surface area (Å²) < 4.78 is 5.04. The van der Waals surface area contributed by atoms with Crippen LogP contribution in [0.5, 0.6) is 0 Å². The highest BCUT2D eigenvalue weighted by Gasteiger charge is 2.22. The maximum absolute atomic E-state index is 11.3. The minimum Gasteiger partial charge on any atom is -0.372 e. The van der Waals surface area contributed by atoms with Crippen LogP contribution in [-0.2, 0) is 9.53 Å². The third kappa shape index (κ3) is 4.98. The number of hydrogen-bond acceptors (Lipinski definition) is 2. The molecule has 1 saturated carbocycles. The highest BCUT2D eigenvalue weighted by Crippen LogP contribution is 2.29. The lowest BCUT2D eigenvalue weighted by molar-refractivity contribution is -0.125. The molecular weight excluding hydrogens is 258 g/mol. The molecule has 1 aliphatic rings. The van der Waals surface area contributed by atoms with E-state index in [0.717, 1.165) is 6.54 Å². The fourth-order valence-corrected chi connectivity index (χ4v) is 2.66. The van der Waals surface area contributed by atoms with Gasteiger partial charge in [0.15, 0.2) is 0 Å². The van der Waals surface area contributed by atoms with Gasteiger partial charge in [0.1, 0.15) is 6.61 Å². The summed E-state index contributed by atoms with van der Waals surface area (Å²) in [5, 5.41) is 2.92. The van der Waals surface area contributed by atoms with Gasteiger partial charge in [-0.05, 0) is 25.7 Å². The zero-order chi connectivity index (χ0) is 11.1. The molecule has 4 heteroatoms. The lowest BCUT2D eigenvalue weighted by Crippen LogP contribution is -2.36. The predicted molar refractivity (Wildman–Crippen MR) is 64.2 cm³/mol. The molecule has 0 aromatic rings. The van der Waals surface area contributed by atoms with E-state index in [-0.39, 0.29) is 12.5 Å². The van der Waals surface area contributed by atoms with Gasteiger partial charge in [-0.25, -0.2) is 0 Å². The van der Waals surface area contributed by atoms with E-state index in [1.54, 1.807) is 0 Å². The summed E-state index contributed by atoms with van der Waals surface area (Å²) >= 11 is 3.67. The summed E-state index contributed by atoms with van der Waals surface area (Å²) in [7, 11) is 0. The maximum atomic E-state index is 11.3. The second-order valence-corrected chi connectivity index (χ2v) is 5.18. The Morgan fingerprint density at radius 3 is 2.87 bits per heavy atom. The molecule has 1 fully saturated rings. The molecule has 1 rings (SSSR count). The van der Waals surface area contributed by atoms with Crippen molar-refractivity contribution in [2.24, 2.45) is 5.92 Å². The number of nitrogens with one attached hydrogen (secondary N) is 1. The van der Waals surface area contributed by atoms with E-state index >= 15 is 0 Å². The first-order valence-electron chi connectivity index (χ1n) is 5.72. The number of hydrogen-bond donors (Lipinski definition) is 1. The van der Waals surface area contributed by atoms with Crippen LogP contribution in [0, 0.1) is 5.92 Å². The van der Waals surface area contributed by atoms with Gasteiger partial charge in [-0.2, -0.15) is 0 Å². The number of rotatable bonds is 5. The Morgan fingerprint density at radius 2 is 2.20 bits per heavy atom. The van der Waals surface area contributed by atoms with Crippen LogP contribution in [-0.4, -0.2) is 30.5 Å². The van der Waals surface area contributed by atoms with E-state index in [9.17, 15) is 4.79 Å². The van der Waals surface area contributed by atoms with Crippen LogP contribution in [0.1, 0.15) is 32.6 Å². The van der Waals surface area contributed by atoms with Crippen LogP contribution in [0.3, 0.4) is 0 Å². The van der Waals surface area contributed by atoms with Crippen molar-refractivity contribution in [3.05, 3.63) is 0 Å². The molecule has 3 nitrogen and oxygen atoms in total. The molecule has 1 amide bonds. The van der Waals surface area contributed by atoms with Crippen molar-refractivity contribution in [1.29, 1.82) is 0 Å². The fourth-order valence-electron chi connectivity index (χ4n) is 1.88. The van der Waals surface area contributed by atoms with Crippen LogP contribution in [0.25, 0.3) is 0 Å². The lowest BCUT2D eigenvalue weighted by atomic mass is 9.89. The summed E-state index contributed by atoms with van der Waals surface area (Å²) in [6.07, 6.45) is 5.03. The van der Waals surface area contributed by atoms with Gasteiger partial charge in [0, 0.05) is 18.0 Å². The topological polar surface area (TPSA) is 38.3 Å². The summed E-state index contributed by atoms with van der Waals surface area (Å²) in [6.45, 7) is 3.46. The van der Waals surface area contributed by atoms with E-state index in [2.05, 4.69) is 21.2 Å². The summed E-state index contributed by atoms with van der Waals surface area (Å²) in [6, 6.07) is 0. The number of carbonyl (C=O) groups excluding carboxylic acids is 1. The van der Waals surface area contributed by atoms with Crippen molar-refractivity contribution in [3.8, 4) is 0 Å². The molecule has 2 unspecified atom stereocenters. The smallest absolute Gasteiger partial charge is 0.246 e. The first-order valence-corrected chi connectivity index (χ1v) is 6.64. The molecule has 0 aromatic heterocycles. The van der Waals surface area contributed by atoms with E-state index in [4.69, 9.17) is 4.74 Å². The summed E-state index contributed by atoms with van der Waals surface area (Å²) in [5.74, 6) is 0.589. The van der Waals surface area contributed by atoms with Crippen LogP contribution in [0.15, 0.2) is 0 Å². The van der Waals surface area contributed by atoms with Crippen molar-refractivity contribution >= 4 is 21.8 Å². The Morgan fingerprint density at radius 1 is 1.47 bits per heavy atom.